The molecule has 2 atom stereocenters. The van der Waals surface area contributed by atoms with Gasteiger partial charge in [-0.2, -0.15) is 0 Å². The molecule has 0 amide bonds. The SMILES string of the molecule is CCC[C@H](N)C(O)c1cnccc1OC(C)C.Cl. The first-order chi connectivity index (χ1) is 8.06. The van der Waals surface area contributed by atoms with E-state index in [1.807, 2.05) is 20.8 Å². The summed E-state index contributed by atoms with van der Waals surface area (Å²) < 4.78 is 5.64. The van der Waals surface area contributed by atoms with Crippen LogP contribution in [0.15, 0.2) is 18.5 Å². The molecule has 0 aromatic carbocycles. The zero-order valence-electron chi connectivity index (χ0n) is 11.2. The van der Waals surface area contributed by atoms with Crippen LogP contribution in [0.1, 0.15) is 45.3 Å². The number of aliphatic hydroxyl groups is 1. The second kappa shape index (κ2) is 8.29. The van der Waals surface area contributed by atoms with Gasteiger partial charge in [-0.25, -0.2) is 0 Å². The van der Waals surface area contributed by atoms with Crippen molar-refractivity contribution in [1.29, 1.82) is 0 Å². The molecule has 1 unspecified atom stereocenters. The molecule has 1 rings (SSSR count). The van der Waals surface area contributed by atoms with Gasteiger partial charge in [0.05, 0.1) is 12.2 Å². The molecule has 5 heteroatoms. The van der Waals surface area contributed by atoms with Crippen LogP contribution in [0.25, 0.3) is 0 Å². The Balaban J connectivity index is 0.00000289. The molecule has 104 valence electrons. The monoisotopic (exact) mass is 274 g/mol. The largest absolute Gasteiger partial charge is 0.491 e. The van der Waals surface area contributed by atoms with E-state index in [9.17, 15) is 5.11 Å². The quantitative estimate of drug-likeness (QED) is 0.836. The minimum atomic E-state index is -0.725. The Kier molecular flexibility index (Phi) is 7.91. The van der Waals surface area contributed by atoms with E-state index < -0.39 is 6.10 Å². The average molecular weight is 275 g/mol. The van der Waals surface area contributed by atoms with Gasteiger partial charge in [-0.15, -0.1) is 12.4 Å². The predicted octanol–water partition coefficient (Wildman–Crippen LogP) is 2.45. The lowest BCUT2D eigenvalue weighted by Gasteiger charge is -2.21. The summed E-state index contributed by atoms with van der Waals surface area (Å²) in [5.41, 5.74) is 6.59. The number of hydrogen-bond acceptors (Lipinski definition) is 4. The van der Waals surface area contributed by atoms with Gasteiger partial charge in [0.1, 0.15) is 5.75 Å². The molecule has 3 N–H and O–H groups in total. The summed E-state index contributed by atoms with van der Waals surface area (Å²) in [4.78, 5) is 4.02. The second-order valence-corrected chi connectivity index (χ2v) is 4.48. The molecule has 0 bridgehead atoms. The summed E-state index contributed by atoms with van der Waals surface area (Å²) >= 11 is 0. The maximum atomic E-state index is 10.2. The Morgan fingerprint density at radius 3 is 2.67 bits per heavy atom. The van der Waals surface area contributed by atoms with Crippen LogP contribution in [-0.4, -0.2) is 22.2 Å². The number of ether oxygens (including phenoxy) is 1. The van der Waals surface area contributed by atoms with Crippen LogP contribution in [0.5, 0.6) is 5.75 Å². The van der Waals surface area contributed by atoms with Gasteiger partial charge >= 0.3 is 0 Å². The highest BCUT2D eigenvalue weighted by atomic mass is 35.5. The van der Waals surface area contributed by atoms with Crippen molar-refractivity contribution in [3.8, 4) is 5.75 Å². The normalized spacial score (nSPS) is 13.9. The van der Waals surface area contributed by atoms with Crippen molar-refractivity contribution >= 4 is 12.4 Å². The molecule has 0 aliphatic heterocycles. The van der Waals surface area contributed by atoms with E-state index in [0.29, 0.717) is 11.3 Å². The fraction of sp³-hybridized carbons (Fsp3) is 0.615. The zero-order valence-corrected chi connectivity index (χ0v) is 12.0. The van der Waals surface area contributed by atoms with Crippen LogP contribution in [0.2, 0.25) is 0 Å². The lowest BCUT2D eigenvalue weighted by Crippen LogP contribution is -2.28. The van der Waals surface area contributed by atoms with Gasteiger partial charge in [0.25, 0.3) is 0 Å². The molecule has 18 heavy (non-hydrogen) atoms. The van der Waals surface area contributed by atoms with Gasteiger partial charge < -0.3 is 15.6 Å². The number of halogens is 1. The Morgan fingerprint density at radius 1 is 1.44 bits per heavy atom. The van der Waals surface area contributed by atoms with Gasteiger partial charge in [0.15, 0.2) is 0 Å². The highest BCUT2D eigenvalue weighted by Crippen LogP contribution is 2.27. The van der Waals surface area contributed by atoms with Crippen molar-refractivity contribution in [3.63, 3.8) is 0 Å². The van der Waals surface area contributed by atoms with Crippen molar-refractivity contribution in [2.45, 2.75) is 51.9 Å². The van der Waals surface area contributed by atoms with Gasteiger partial charge in [-0.3, -0.25) is 4.98 Å². The molecule has 0 spiro atoms. The Morgan fingerprint density at radius 2 is 2.11 bits per heavy atom. The van der Waals surface area contributed by atoms with Crippen LogP contribution in [0, 0.1) is 0 Å². The number of rotatable bonds is 6. The minimum Gasteiger partial charge on any atom is -0.491 e. The first-order valence-electron chi connectivity index (χ1n) is 6.10. The van der Waals surface area contributed by atoms with Crippen LogP contribution in [0.4, 0.5) is 0 Å². The fourth-order valence-electron chi connectivity index (χ4n) is 1.70. The number of nitrogens with zero attached hydrogens (tertiary/aromatic N) is 1. The van der Waals surface area contributed by atoms with Gasteiger partial charge in [0.2, 0.25) is 0 Å². The smallest absolute Gasteiger partial charge is 0.128 e. The highest BCUT2D eigenvalue weighted by Gasteiger charge is 2.20. The third-order valence-electron chi connectivity index (χ3n) is 2.52. The molecule has 1 aromatic heterocycles. The molecular weight excluding hydrogens is 252 g/mol. The van der Waals surface area contributed by atoms with Crippen molar-refractivity contribution in [2.24, 2.45) is 5.73 Å². The van der Waals surface area contributed by atoms with E-state index in [-0.39, 0.29) is 24.6 Å². The molecule has 1 heterocycles. The maximum Gasteiger partial charge on any atom is 0.128 e. The lowest BCUT2D eigenvalue weighted by atomic mass is 10.0. The standard InChI is InChI=1S/C13H22N2O2.ClH/c1-4-5-11(14)13(16)10-8-15-7-6-12(10)17-9(2)3;/h6-9,11,13,16H,4-5,14H2,1-3H3;1H/t11-,13?;/m0./s1. The van der Waals surface area contributed by atoms with E-state index in [2.05, 4.69) is 4.98 Å². The fourth-order valence-corrected chi connectivity index (χ4v) is 1.70. The Labute approximate surface area is 115 Å². The molecule has 0 radical (unpaired) electrons. The third kappa shape index (κ3) is 4.80. The topological polar surface area (TPSA) is 68.4 Å². The summed E-state index contributed by atoms with van der Waals surface area (Å²) in [6, 6.07) is 1.48. The summed E-state index contributed by atoms with van der Waals surface area (Å²) in [7, 11) is 0. The number of pyridine rings is 1. The first-order valence-corrected chi connectivity index (χ1v) is 6.10. The van der Waals surface area contributed by atoms with Crippen LogP contribution in [0.3, 0.4) is 0 Å². The van der Waals surface area contributed by atoms with Crippen molar-refractivity contribution in [1.82, 2.24) is 4.98 Å². The predicted molar refractivity (Wildman–Crippen MR) is 75.1 cm³/mol. The van der Waals surface area contributed by atoms with E-state index in [4.69, 9.17) is 10.5 Å². The molecule has 0 saturated carbocycles. The van der Waals surface area contributed by atoms with E-state index >= 15 is 0 Å². The van der Waals surface area contributed by atoms with Gasteiger partial charge in [-0.05, 0) is 26.3 Å². The summed E-state index contributed by atoms with van der Waals surface area (Å²) in [5, 5.41) is 10.2. The third-order valence-corrected chi connectivity index (χ3v) is 2.52. The molecule has 0 aliphatic carbocycles. The second-order valence-electron chi connectivity index (χ2n) is 4.48. The van der Waals surface area contributed by atoms with Gasteiger partial charge in [-0.1, -0.05) is 13.3 Å². The van der Waals surface area contributed by atoms with Crippen LogP contribution in [-0.2, 0) is 0 Å². The van der Waals surface area contributed by atoms with Crippen molar-refractivity contribution in [2.75, 3.05) is 0 Å². The molecule has 0 aliphatic rings. The Bertz CT molecular complexity index is 348. The van der Waals surface area contributed by atoms with Crippen molar-refractivity contribution < 1.29 is 9.84 Å². The molecule has 4 nitrogen and oxygen atoms in total. The first kappa shape index (κ1) is 17.2. The molecular formula is C13H23ClN2O2. The number of hydrogen-bond donors (Lipinski definition) is 2. The number of aromatic nitrogens is 1. The Hall–Kier alpha value is -0.840. The van der Waals surface area contributed by atoms with Crippen molar-refractivity contribution in [3.05, 3.63) is 24.0 Å². The minimum absolute atomic E-state index is 0. The van der Waals surface area contributed by atoms with E-state index in [1.165, 1.54) is 0 Å². The lowest BCUT2D eigenvalue weighted by molar-refractivity contribution is 0.133. The number of nitrogens with two attached hydrogens (primary N) is 1. The summed E-state index contributed by atoms with van der Waals surface area (Å²) in [6.45, 7) is 5.94. The summed E-state index contributed by atoms with van der Waals surface area (Å²) in [6.07, 6.45) is 4.33. The van der Waals surface area contributed by atoms with E-state index in [1.54, 1.807) is 18.5 Å². The van der Waals surface area contributed by atoms with Crippen LogP contribution >= 0.6 is 12.4 Å². The maximum absolute atomic E-state index is 10.2. The molecule has 1 aromatic rings. The molecule has 0 fully saturated rings. The van der Waals surface area contributed by atoms with E-state index in [0.717, 1.165) is 12.8 Å². The van der Waals surface area contributed by atoms with Gasteiger partial charge in [0, 0.05) is 24.0 Å². The zero-order chi connectivity index (χ0) is 12.8. The molecule has 0 saturated heterocycles. The average Bonchev–Trinajstić information content (AvgIpc) is 2.28. The van der Waals surface area contributed by atoms with Crippen LogP contribution < -0.4 is 10.5 Å². The summed E-state index contributed by atoms with van der Waals surface area (Å²) in [5.74, 6) is 0.661. The number of aliphatic hydroxyl groups excluding tert-OH is 1. The highest BCUT2D eigenvalue weighted by molar-refractivity contribution is 5.85.